The second-order valence-corrected chi connectivity index (χ2v) is 6.82. The Hall–Kier alpha value is -2.53. The number of fused-ring (bicyclic) bond motifs is 1. The van der Waals surface area contributed by atoms with E-state index < -0.39 is 5.72 Å². The Morgan fingerprint density at radius 2 is 1.92 bits per heavy atom. The topological polar surface area (TPSA) is 58.6 Å². The van der Waals surface area contributed by atoms with E-state index in [1.54, 1.807) is 47.4 Å². The molecule has 1 spiro atoms. The van der Waals surface area contributed by atoms with Gasteiger partial charge in [-0.05, 0) is 42.8 Å². The van der Waals surface area contributed by atoms with Gasteiger partial charge in [0, 0.05) is 23.6 Å². The largest absolute Gasteiger partial charge is 0.465 e. The number of amides is 2. The van der Waals surface area contributed by atoms with Crippen LogP contribution in [-0.2, 0) is 0 Å². The molecule has 0 bridgehead atoms. The van der Waals surface area contributed by atoms with Gasteiger partial charge in [-0.1, -0.05) is 23.7 Å². The van der Waals surface area contributed by atoms with Gasteiger partial charge >= 0.3 is 0 Å². The van der Waals surface area contributed by atoms with E-state index in [9.17, 15) is 9.59 Å². The summed E-state index contributed by atoms with van der Waals surface area (Å²) in [7, 11) is 0. The lowest BCUT2D eigenvalue weighted by atomic mass is 9.97. The summed E-state index contributed by atoms with van der Waals surface area (Å²) < 4.78 is 6.12. The molecule has 2 aliphatic rings. The van der Waals surface area contributed by atoms with Crippen LogP contribution in [0.3, 0.4) is 0 Å². The quantitative estimate of drug-likeness (QED) is 0.854. The van der Waals surface area contributed by atoms with Gasteiger partial charge in [0.05, 0.1) is 12.1 Å². The lowest BCUT2D eigenvalue weighted by Crippen LogP contribution is -2.64. The van der Waals surface area contributed by atoms with Gasteiger partial charge in [0.15, 0.2) is 0 Å². The van der Waals surface area contributed by atoms with Crippen LogP contribution in [0.25, 0.3) is 0 Å². The predicted molar refractivity (Wildman–Crippen MR) is 93.9 cm³/mol. The number of likely N-dealkylation sites (tertiary alicyclic amines) is 1. The Morgan fingerprint density at radius 3 is 2.72 bits per heavy atom. The molecule has 1 fully saturated rings. The molecule has 1 atom stereocenters. The summed E-state index contributed by atoms with van der Waals surface area (Å²) in [4.78, 5) is 26.9. The maximum atomic E-state index is 12.8. The first kappa shape index (κ1) is 16.0. The van der Waals surface area contributed by atoms with Crippen LogP contribution in [0.5, 0.6) is 5.75 Å². The summed E-state index contributed by atoms with van der Waals surface area (Å²) >= 11 is 5.89. The fourth-order valence-corrected chi connectivity index (χ4v) is 3.54. The molecule has 5 nitrogen and oxygen atoms in total. The van der Waals surface area contributed by atoms with Crippen molar-refractivity contribution in [2.24, 2.45) is 0 Å². The Balaban J connectivity index is 1.58. The monoisotopic (exact) mass is 356 g/mol. The van der Waals surface area contributed by atoms with Gasteiger partial charge in [0.1, 0.15) is 5.75 Å². The van der Waals surface area contributed by atoms with Gasteiger partial charge in [-0.25, -0.2) is 0 Å². The van der Waals surface area contributed by atoms with E-state index in [1.807, 2.05) is 6.07 Å². The van der Waals surface area contributed by atoms with Crippen LogP contribution in [0.15, 0.2) is 48.5 Å². The van der Waals surface area contributed by atoms with E-state index in [-0.39, 0.29) is 11.8 Å². The number of hydrogen-bond donors (Lipinski definition) is 1. The van der Waals surface area contributed by atoms with Crippen LogP contribution in [0.1, 0.15) is 33.6 Å². The van der Waals surface area contributed by atoms with Crippen LogP contribution in [-0.4, -0.2) is 35.5 Å². The number of ether oxygens (including phenoxy) is 1. The minimum Gasteiger partial charge on any atom is -0.465 e. The predicted octanol–water partition coefficient (Wildman–Crippen LogP) is 3.09. The number of carbonyl (C=O) groups is 2. The molecule has 1 saturated heterocycles. The standard InChI is InChI=1S/C19H17ClN2O3/c20-14-8-6-13(7-9-14)18(24)22-11-3-10-19(12-22)21-17(23)15-4-1-2-5-16(15)25-19/h1-2,4-9H,3,10-12H2,(H,21,23). The third-order valence-electron chi connectivity index (χ3n) is 4.61. The first-order valence-corrected chi connectivity index (χ1v) is 8.60. The molecular weight excluding hydrogens is 340 g/mol. The molecule has 128 valence electrons. The lowest BCUT2D eigenvalue weighted by molar-refractivity contribution is -0.0314. The summed E-state index contributed by atoms with van der Waals surface area (Å²) in [6, 6.07) is 14.0. The molecule has 1 N–H and O–H groups in total. The smallest absolute Gasteiger partial charge is 0.258 e. The SMILES string of the molecule is O=C1NC2(CCCN(C(=O)c3ccc(Cl)cc3)C2)Oc2ccccc21. The minimum atomic E-state index is -0.869. The van der Waals surface area contributed by atoms with Crippen molar-refractivity contribution in [3.8, 4) is 5.75 Å². The molecule has 0 aliphatic carbocycles. The molecule has 2 aromatic carbocycles. The van der Waals surface area contributed by atoms with Crippen molar-refractivity contribution in [2.45, 2.75) is 18.6 Å². The molecule has 2 aromatic rings. The van der Waals surface area contributed by atoms with Gasteiger partial charge in [0.2, 0.25) is 5.72 Å². The van der Waals surface area contributed by atoms with Crippen LogP contribution >= 0.6 is 11.6 Å². The first-order chi connectivity index (χ1) is 12.1. The molecule has 1 unspecified atom stereocenters. The van der Waals surface area contributed by atoms with Gasteiger partial charge in [-0.15, -0.1) is 0 Å². The Labute approximate surface area is 150 Å². The fraction of sp³-hybridized carbons (Fsp3) is 0.263. The molecule has 0 radical (unpaired) electrons. The number of hydrogen-bond acceptors (Lipinski definition) is 3. The number of halogens is 1. The van der Waals surface area contributed by atoms with E-state index in [0.717, 1.165) is 6.42 Å². The molecule has 4 rings (SSSR count). The Kier molecular flexibility index (Phi) is 3.88. The zero-order valence-electron chi connectivity index (χ0n) is 13.5. The number of carbonyl (C=O) groups excluding carboxylic acids is 2. The van der Waals surface area contributed by atoms with E-state index in [0.29, 0.717) is 41.4 Å². The maximum absolute atomic E-state index is 12.8. The highest BCUT2D eigenvalue weighted by Crippen LogP contribution is 2.33. The van der Waals surface area contributed by atoms with Crippen molar-refractivity contribution >= 4 is 23.4 Å². The number of rotatable bonds is 1. The van der Waals surface area contributed by atoms with Gasteiger partial charge in [-0.2, -0.15) is 0 Å². The summed E-state index contributed by atoms with van der Waals surface area (Å²) in [6.45, 7) is 0.943. The number of nitrogens with zero attached hydrogens (tertiary/aromatic N) is 1. The van der Waals surface area contributed by atoms with Crippen LogP contribution in [0.2, 0.25) is 5.02 Å². The van der Waals surface area contributed by atoms with Crippen molar-refractivity contribution in [3.63, 3.8) is 0 Å². The average Bonchev–Trinajstić information content (AvgIpc) is 2.62. The molecule has 2 amide bonds. The van der Waals surface area contributed by atoms with Crippen molar-refractivity contribution in [2.75, 3.05) is 13.1 Å². The van der Waals surface area contributed by atoms with E-state index in [2.05, 4.69) is 5.32 Å². The highest BCUT2D eigenvalue weighted by Gasteiger charge is 2.44. The lowest BCUT2D eigenvalue weighted by Gasteiger charge is -2.45. The molecule has 0 aromatic heterocycles. The van der Waals surface area contributed by atoms with Crippen molar-refractivity contribution in [1.29, 1.82) is 0 Å². The minimum absolute atomic E-state index is 0.0903. The third kappa shape index (κ3) is 2.96. The number of piperidine rings is 1. The van der Waals surface area contributed by atoms with Crippen molar-refractivity contribution in [1.82, 2.24) is 10.2 Å². The zero-order valence-corrected chi connectivity index (χ0v) is 14.3. The first-order valence-electron chi connectivity index (χ1n) is 8.22. The van der Waals surface area contributed by atoms with Crippen LogP contribution in [0.4, 0.5) is 0 Å². The molecule has 6 heteroatoms. The highest BCUT2D eigenvalue weighted by atomic mass is 35.5. The molecular formula is C19H17ClN2O3. The van der Waals surface area contributed by atoms with E-state index >= 15 is 0 Å². The Bertz CT molecular complexity index is 837. The van der Waals surface area contributed by atoms with Gasteiger partial charge in [-0.3, -0.25) is 9.59 Å². The molecule has 2 heterocycles. The molecule has 25 heavy (non-hydrogen) atoms. The third-order valence-corrected chi connectivity index (χ3v) is 4.86. The molecule has 2 aliphatic heterocycles. The normalized spacial score (nSPS) is 22.1. The maximum Gasteiger partial charge on any atom is 0.258 e. The van der Waals surface area contributed by atoms with Gasteiger partial charge < -0.3 is 15.0 Å². The summed E-state index contributed by atoms with van der Waals surface area (Å²) in [5.41, 5.74) is 0.226. The van der Waals surface area contributed by atoms with Crippen LogP contribution in [0, 0.1) is 0 Å². The summed E-state index contributed by atoms with van der Waals surface area (Å²) in [5.74, 6) is 0.308. The zero-order chi connectivity index (χ0) is 17.4. The summed E-state index contributed by atoms with van der Waals surface area (Å²) in [6.07, 6.45) is 1.42. The number of para-hydroxylation sites is 1. The second-order valence-electron chi connectivity index (χ2n) is 6.38. The van der Waals surface area contributed by atoms with Crippen molar-refractivity contribution < 1.29 is 14.3 Å². The molecule has 0 saturated carbocycles. The fourth-order valence-electron chi connectivity index (χ4n) is 3.41. The average molecular weight is 357 g/mol. The number of nitrogens with one attached hydrogen (secondary N) is 1. The second kappa shape index (κ2) is 6.08. The number of benzene rings is 2. The highest BCUT2D eigenvalue weighted by molar-refractivity contribution is 6.30. The van der Waals surface area contributed by atoms with E-state index in [4.69, 9.17) is 16.3 Å². The van der Waals surface area contributed by atoms with Crippen LogP contribution < -0.4 is 10.1 Å². The summed E-state index contributed by atoms with van der Waals surface area (Å²) in [5, 5.41) is 3.55. The van der Waals surface area contributed by atoms with E-state index in [1.165, 1.54) is 0 Å². The Morgan fingerprint density at radius 1 is 1.16 bits per heavy atom. The van der Waals surface area contributed by atoms with Crippen molar-refractivity contribution in [3.05, 3.63) is 64.7 Å². The van der Waals surface area contributed by atoms with Gasteiger partial charge in [0.25, 0.3) is 11.8 Å².